The van der Waals surface area contributed by atoms with E-state index < -0.39 is 18.0 Å². The van der Waals surface area contributed by atoms with E-state index in [2.05, 4.69) is 17.6 Å². The molecule has 0 aliphatic heterocycles. The number of hydrogen-bond donors (Lipinski definition) is 4. The number of carbonyl (C=O) groups is 2. The fourth-order valence-electron chi connectivity index (χ4n) is 2.60. The van der Waals surface area contributed by atoms with Crippen LogP contribution in [0.5, 0.6) is 0 Å². The number of carboxylic acid groups (broad SMARTS) is 1. The second-order valence-corrected chi connectivity index (χ2v) is 5.72. The summed E-state index contributed by atoms with van der Waals surface area (Å²) >= 11 is 0. The van der Waals surface area contributed by atoms with E-state index in [-0.39, 0.29) is 13.0 Å². The van der Waals surface area contributed by atoms with Crippen molar-refractivity contribution < 1.29 is 19.8 Å². The third-order valence-electron chi connectivity index (χ3n) is 3.99. The van der Waals surface area contributed by atoms with Crippen LogP contribution in [-0.4, -0.2) is 41.4 Å². The predicted octanol–water partition coefficient (Wildman–Crippen LogP) is 1.34. The van der Waals surface area contributed by atoms with Crippen molar-refractivity contribution in [2.45, 2.75) is 51.5 Å². The molecule has 1 saturated carbocycles. The number of amides is 2. The van der Waals surface area contributed by atoms with E-state index in [9.17, 15) is 9.59 Å². The Morgan fingerprint density at radius 1 is 1.25 bits per heavy atom. The van der Waals surface area contributed by atoms with E-state index in [1.165, 1.54) is 25.7 Å². The van der Waals surface area contributed by atoms with E-state index in [0.717, 1.165) is 12.3 Å². The topological polar surface area (TPSA) is 98.7 Å². The molecule has 0 spiro atoms. The number of aliphatic hydroxyl groups excluding tert-OH is 1. The van der Waals surface area contributed by atoms with Crippen molar-refractivity contribution in [3.8, 4) is 0 Å². The van der Waals surface area contributed by atoms with Crippen LogP contribution in [0.4, 0.5) is 4.79 Å². The Hall–Kier alpha value is -1.30. The minimum absolute atomic E-state index is 0.0171. The van der Waals surface area contributed by atoms with Gasteiger partial charge in [-0.1, -0.05) is 32.6 Å². The number of aliphatic carboxylic acids is 1. The van der Waals surface area contributed by atoms with Crippen LogP contribution in [0.3, 0.4) is 0 Å². The lowest BCUT2D eigenvalue weighted by Gasteiger charge is -2.26. The van der Waals surface area contributed by atoms with E-state index in [4.69, 9.17) is 10.2 Å². The van der Waals surface area contributed by atoms with Gasteiger partial charge in [0.25, 0.3) is 0 Å². The van der Waals surface area contributed by atoms with Crippen molar-refractivity contribution >= 4 is 12.0 Å². The summed E-state index contributed by atoms with van der Waals surface area (Å²) in [5.41, 5.74) is 0. The maximum absolute atomic E-state index is 11.6. The standard InChI is InChI=1S/C14H26N2O4/c1-10-2-4-11(5-3-10)6-8-15-14(20)16-12(7-9-17)13(18)19/h10-12,17H,2-9H2,1H3,(H,18,19)(H2,15,16,20)/t10?,11?,12-/m0/s1. The first-order valence-corrected chi connectivity index (χ1v) is 7.41. The highest BCUT2D eigenvalue weighted by Crippen LogP contribution is 2.29. The minimum atomic E-state index is -1.13. The van der Waals surface area contributed by atoms with Crippen molar-refractivity contribution in [1.29, 1.82) is 0 Å². The van der Waals surface area contributed by atoms with Crippen molar-refractivity contribution in [3.05, 3.63) is 0 Å². The van der Waals surface area contributed by atoms with Gasteiger partial charge in [0, 0.05) is 19.6 Å². The SMILES string of the molecule is CC1CCC(CCNC(=O)N[C@@H](CCO)C(=O)O)CC1. The zero-order valence-electron chi connectivity index (χ0n) is 12.1. The predicted molar refractivity (Wildman–Crippen MR) is 75.4 cm³/mol. The molecule has 0 radical (unpaired) electrons. The molecule has 0 bridgehead atoms. The van der Waals surface area contributed by atoms with Gasteiger partial charge >= 0.3 is 12.0 Å². The second-order valence-electron chi connectivity index (χ2n) is 5.72. The van der Waals surface area contributed by atoms with Crippen molar-refractivity contribution in [2.75, 3.05) is 13.2 Å². The molecule has 1 fully saturated rings. The molecule has 6 heteroatoms. The van der Waals surface area contributed by atoms with Crippen molar-refractivity contribution in [3.63, 3.8) is 0 Å². The Morgan fingerprint density at radius 2 is 1.90 bits per heavy atom. The molecule has 0 aromatic heterocycles. The van der Waals surface area contributed by atoms with E-state index in [1.807, 2.05) is 0 Å². The lowest BCUT2D eigenvalue weighted by Crippen LogP contribution is -2.46. The molecule has 0 heterocycles. The zero-order chi connectivity index (χ0) is 15.0. The Labute approximate surface area is 119 Å². The largest absolute Gasteiger partial charge is 0.480 e. The molecule has 2 amide bonds. The van der Waals surface area contributed by atoms with Crippen LogP contribution in [0, 0.1) is 11.8 Å². The fourth-order valence-corrected chi connectivity index (χ4v) is 2.60. The quantitative estimate of drug-likeness (QED) is 0.567. The second kappa shape index (κ2) is 8.79. The normalized spacial score (nSPS) is 23.9. The molecular formula is C14H26N2O4. The third kappa shape index (κ3) is 6.23. The monoisotopic (exact) mass is 286 g/mol. The van der Waals surface area contributed by atoms with Gasteiger partial charge in [0.1, 0.15) is 6.04 Å². The number of aliphatic hydroxyl groups is 1. The maximum atomic E-state index is 11.6. The average molecular weight is 286 g/mol. The first kappa shape index (κ1) is 16.8. The number of urea groups is 1. The number of hydrogen-bond acceptors (Lipinski definition) is 3. The highest BCUT2D eigenvalue weighted by Gasteiger charge is 2.20. The molecule has 1 atom stereocenters. The molecule has 0 aromatic rings. The Balaban J connectivity index is 2.17. The summed E-state index contributed by atoms with van der Waals surface area (Å²) in [5, 5.41) is 22.6. The van der Waals surface area contributed by atoms with Gasteiger partial charge in [-0.15, -0.1) is 0 Å². The van der Waals surface area contributed by atoms with E-state index >= 15 is 0 Å². The fraction of sp³-hybridized carbons (Fsp3) is 0.857. The summed E-state index contributed by atoms with van der Waals surface area (Å²) in [5.74, 6) is 0.354. The maximum Gasteiger partial charge on any atom is 0.326 e. The van der Waals surface area contributed by atoms with Crippen molar-refractivity contribution in [1.82, 2.24) is 10.6 Å². The van der Waals surface area contributed by atoms with Crippen LogP contribution >= 0.6 is 0 Å². The van der Waals surface area contributed by atoms with Gasteiger partial charge in [-0.05, 0) is 18.3 Å². The van der Waals surface area contributed by atoms with Gasteiger partial charge in [-0.3, -0.25) is 0 Å². The summed E-state index contributed by atoms with van der Waals surface area (Å²) in [6, 6.07) is -1.51. The van der Waals surface area contributed by atoms with E-state index in [0.29, 0.717) is 12.5 Å². The van der Waals surface area contributed by atoms with Crippen molar-refractivity contribution in [2.24, 2.45) is 11.8 Å². The Morgan fingerprint density at radius 3 is 2.45 bits per heavy atom. The number of nitrogens with one attached hydrogen (secondary N) is 2. The molecule has 116 valence electrons. The number of carboxylic acids is 1. The first-order valence-electron chi connectivity index (χ1n) is 7.41. The molecule has 6 nitrogen and oxygen atoms in total. The summed E-state index contributed by atoms with van der Waals surface area (Å²) < 4.78 is 0. The molecule has 0 aromatic carbocycles. The summed E-state index contributed by atoms with van der Waals surface area (Å²) in [6.07, 6.45) is 5.91. The molecule has 0 unspecified atom stereocenters. The van der Waals surface area contributed by atoms with Crippen LogP contribution < -0.4 is 10.6 Å². The third-order valence-corrected chi connectivity index (χ3v) is 3.99. The Bertz CT molecular complexity index is 314. The van der Waals surface area contributed by atoms with Crippen LogP contribution in [0.15, 0.2) is 0 Å². The van der Waals surface area contributed by atoms with Gasteiger partial charge in [0.15, 0.2) is 0 Å². The molecule has 4 N–H and O–H groups in total. The van der Waals surface area contributed by atoms with Gasteiger partial charge in [0.2, 0.25) is 0 Å². The minimum Gasteiger partial charge on any atom is -0.480 e. The average Bonchev–Trinajstić information content (AvgIpc) is 2.40. The zero-order valence-corrected chi connectivity index (χ0v) is 12.1. The Kier molecular flexibility index (Phi) is 7.36. The summed E-state index contributed by atoms with van der Waals surface area (Å²) in [6.45, 7) is 2.57. The van der Waals surface area contributed by atoms with Crippen LogP contribution in [0.1, 0.15) is 45.4 Å². The summed E-state index contributed by atoms with van der Waals surface area (Å²) in [4.78, 5) is 22.4. The highest BCUT2D eigenvalue weighted by atomic mass is 16.4. The first-order chi connectivity index (χ1) is 9.52. The smallest absolute Gasteiger partial charge is 0.326 e. The molecular weight excluding hydrogens is 260 g/mol. The number of rotatable bonds is 7. The summed E-state index contributed by atoms with van der Waals surface area (Å²) in [7, 11) is 0. The molecule has 20 heavy (non-hydrogen) atoms. The van der Waals surface area contributed by atoms with Gasteiger partial charge < -0.3 is 20.8 Å². The van der Waals surface area contributed by atoms with Gasteiger partial charge in [-0.2, -0.15) is 0 Å². The van der Waals surface area contributed by atoms with Gasteiger partial charge in [-0.25, -0.2) is 9.59 Å². The molecule has 0 saturated heterocycles. The molecule has 1 rings (SSSR count). The van der Waals surface area contributed by atoms with Crippen LogP contribution in [-0.2, 0) is 4.79 Å². The highest BCUT2D eigenvalue weighted by molar-refractivity contribution is 5.82. The number of carbonyl (C=O) groups excluding carboxylic acids is 1. The van der Waals surface area contributed by atoms with Crippen LogP contribution in [0.2, 0.25) is 0 Å². The van der Waals surface area contributed by atoms with Crippen LogP contribution in [0.25, 0.3) is 0 Å². The lowest BCUT2D eigenvalue weighted by atomic mass is 9.81. The molecule has 1 aliphatic carbocycles. The molecule has 1 aliphatic rings. The van der Waals surface area contributed by atoms with E-state index in [1.54, 1.807) is 0 Å². The van der Waals surface area contributed by atoms with Gasteiger partial charge in [0.05, 0.1) is 0 Å². The lowest BCUT2D eigenvalue weighted by molar-refractivity contribution is -0.139.